The largest absolute Gasteiger partial charge is 0.443 e. The number of rotatable bonds is 2. The summed E-state index contributed by atoms with van der Waals surface area (Å²) in [5.74, 6) is 1.04. The zero-order valence-electron chi connectivity index (χ0n) is 6.66. The average Bonchev–Trinajstić information content (AvgIpc) is 2.31. The average molecular weight is 156 g/mol. The molecule has 1 heterocycles. The molecular formula is C7H12N2O2. The van der Waals surface area contributed by atoms with E-state index in [0.29, 0.717) is 5.89 Å². The van der Waals surface area contributed by atoms with Gasteiger partial charge < -0.3 is 15.3 Å². The first kappa shape index (κ1) is 8.23. The summed E-state index contributed by atoms with van der Waals surface area (Å²) in [7, 11) is 0. The fourth-order valence-electron chi connectivity index (χ4n) is 0.741. The monoisotopic (exact) mass is 156 g/mol. The van der Waals surface area contributed by atoms with Crippen molar-refractivity contribution in [2.45, 2.75) is 20.0 Å². The second-order valence-electron chi connectivity index (χ2n) is 2.45. The number of nitrogens with two attached hydrogens (primary N) is 1. The van der Waals surface area contributed by atoms with Gasteiger partial charge in [-0.25, -0.2) is 4.98 Å². The maximum absolute atomic E-state index is 9.19. The summed E-state index contributed by atoms with van der Waals surface area (Å²) in [5.41, 5.74) is 6.01. The van der Waals surface area contributed by atoms with E-state index >= 15 is 0 Å². The fraction of sp³-hybridized carbons (Fsp3) is 0.571. The number of oxazole rings is 1. The molecule has 0 saturated heterocycles. The number of aliphatic hydroxyl groups excluding tert-OH is 1. The van der Waals surface area contributed by atoms with E-state index in [4.69, 9.17) is 10.2 Å². The number of aromatic nitrogens is 1. The summed E-state index contributed by atoms with van der Waals surface area (Å²) in [6, 6.07) is 0. The van der Waals surface area contributed by atoms with Crippen molar-refractivity contribution >= 4 is 0 Å². The highest BCUT2D eigenvalue weighted by atomic mass is 16.4. The van der Waals surface area contributed by atoms with Crippen molar-refractivity contribution < 1.29 is 9.52 Å². The van der Waals surface area contributed by atoms with Crippen LogP contribution in [0, 0.1) is 13.8 Å². The summed E-state index contributed by atoms with van der Waals surface area (Å²) in [4.78, 5) is 3.98. The van der Waals surface area contributed by atoms with Crippen LogP contribution in [0.25, 0.3) is 0 Å². The van der Waals surface area contributed by atoms with Gasteiger partial charge in [0, 0.05) is 6.54 Å². The highest BCUT2D eigenvalue weighted by molar-refractivity contribution is 5.06. The SMILES string of the molecule is Cc1nc([C@H](O)CN)oc1C. The van der Waals surface area contributed by atoms with Gasteiger partial charge in [0.25, 0.3) is 0 Å². The lowest BCUT2D eigenvalue weighted by Crippen LogP contribution is -2.11. The second-order valence-corrected chi connectivity index (χ2v) is 2.45. The molecule has 11 heavy (non-hydrogen) atoms. The van der Waals surface area contributed by atoms with Crippen LogP contribution in [0.5, 0.6) is 0 Å². The van der Waals surface area contributed by atoms with Crippen LogP contribution in [-0.4, -0.2) is 16.6 Å². The second kappa shape index (κ2) is 3.02. The van der Waals surface area contributed by atoms with Gasteiger partial charge in [0.1, 0.15) is 11.9 Å². The van der Waals surface area contributed by atoms with Gasteiger partial charge in [-0.1, -0.05) is 0 Å². The molecular weight excluding hydrogens is 144 g/mol. The van der Waals surface area contributed by atoms with Crippen LogP contribution >= 0.6 is 0 Å². The Morgan fingerprint density at radius 2 is 2.27 bits per heavy atom. The Kier molecular flexibility index (Phi) is 2.26. The van der Waals surface area contributed by atoms with Crippen molar-refractivity contribution in [3.05, 3.63) is 17.3 Å². The highest BCUT2D eigenvalue weighted by Crippen LogP contribution is 2.14. The quantitative estimate of drug-likeness (QED) is 0.645. The zero-order chi connectivity index (χ0) is 8.43. The van der Waals surface area contributed by atoms with Crippen LogP contribution < -0.4 is 5.73 Å². The predicted molar refractivity (Wildman–Crippen MR) is 40.0 cm³/mol. The summed E-state index contributed by atoms with van der Waals surface area (Å²) in [6.07, 6.45) is -0.776. The summed E-state index contributed by atoms with van der Waals surface area (Å²) >= 11 is 0. The van der Waals surface area contributed by atoms with Crippen molar-refractivity contribution in [2.75, 3.05) is 6.54 Å². The van der Waals surface area contributed by atoms with Crippen molar-refractivity contribution in [1.82, 2.24) is 4.98 Å². The maximum atomic E-state index is 9.19. The van der Waals surface area contributed by atoms with Gasteiger partial charge in [-0.3, -0.25) is 0 Å². The zero-order valence-corrected chi connectivity index (χ0v) is 6.66. The highest BCUT2D eigenvalue weighted by Gasteiger charge is 2.12. The van der Waals surface area contributed by atoms with E-state index in [9.17, 15) is 5.11 Å². The van der Waals surface area contributed by atoms with E-state index in [0.717, 1.165) is 11.5 Å². The van der Waals surface area contributed by atoms with Crippen molar-refractivity contribution in [3.63, 3.8) is 0 Å². The number of nitrogens with zero attached hydrogens (tertiary/aromatic N) is 1. The van der Waals surface area contributed by atoms with E-state index in [1.165, 1.54) is 0 Å². The van der Waals surface area contributed by atoms with Crippen LogP contribution in [-0.2, 0) is 0 Å². The van der Waals surface area contributed by atoms with Crippen molar-refractivity contribution in [2.24, 2.45) is 5.73 Å². The number of hydrogen-bond donors (Lipinski definition) is 2. The normalized spacial score (nSPS) is 13.5. The van der Waals surface area contributed by atoms with Gasteiger partial charge in [0.05, 0.1) is 5.69 Å². The first-order valence-corrected chi connectivity index (χ1v) is 3.47. The Morgan fingerprint density at radius 3 is 2.64 bits per heavy atom. The number of aliphatic hydroxyl groups is 1. The molecule has 0 fully saturated rings. The Balaban J connectivity index is 2.88. The van der Waals surface area contributed by atoms with Gasteiger partial charge in [-0.05, 0) is 13.8 Å². The third-order valence-electron chi connectivity index (χ3n) is 1.55. The molecule has 0 bridgehead atoms. The van der Waals surface area contributed by atoms with Gasteiger partial charge in [0.15, 0.2) is 0 Å². The van der Waals surface area contributed by atoms with E-state index in [1.54, 1.807) is 6.92 Å². The van der Waals surface area contributed by atoms with Gasteiger partial charge in [0.2, 0.25) is 5.89 Å². The molecule has 0 aliphatic rings. The smallest absolute Gasteiger partial charge is 0.224 e. The minimum Gasteiger partial charge on any atom is -0.443 e. The molecule has 0 spiro atoms. The van der Waals surface area contributed by atoms with Crippen LogP contribution in [0.2, 0.25) is 0 Å². The lowest BCUT2D eigenvalue weighted by atomic mass is 10.4. The number of hydrogen-bond acceptors (Lipinski definition) is 4. The van der Waals surface area contributed by atoms with E-state index < -0.39 is 6.10 Å². The molecule has 0 amide bonds. The Bertz CT molecular complexity index is 225. The molecule has 62 valence electrons. The molecule has 4 nitrogen and oxygen atoms in total. The third kappa shape index (κ3) is 1.58. The molecule has 0 unspecified atom stereocenters. The number of aryl methyl sites for hydroxylation is 2. The molecule has 1 aromatic rings. The summed E-state index contributed by atoms with van der Waals surface area (Å²) < 4.78 is 5.13. The van der Waals surface area contributed by atoms with Crippen LogP contribution in [0.1, 0.15) is 23.4 Å². The lowest BCUT2D eigenvalue weighted by Gasteiger charge is -1.99. The predicted octanol–water partition coefficient (Wildman–Crippen LogP) is 0.284. The van der Waals surface area contributed by atoms with Gasteiger partial charge >= 0.3 is 0 Å². The third-order valence-corrected chi connectivity index (χ3v) is 1.55. The van der Waals surface area contributed by atoms with Gasteiger partial charge in [-0.15, -0.1) is 0 Å². The summed E-state index contributed by atoms with van der Waals surface area (Å²) in [5, 5.41) is 9.19. The first-order valence-electron chi connectivity index (χ1n) is 3.47. The fourth-order valence-corrected chi connectivity index (χ4v) is 0.741. The molecule has 1 rings (SSSR count). The molecule has 0 radical (unpaired) electrons. The molecule has 0 aromatic carbocycles. The van der Waals surface area contributed by atoms with E-state index in [-0.39, 0.29) is 6.54 Å². The van der Waals surface area contributed by atoms with Crippen molar-refractivity contribution in [1.29, 1.82) is 0 Å². The Morgan fingerprint density at radius 1 is 1.64 bits per heavy atom. The molecule has 0 aliphatic heterocycles. The Labute approximate surface area is 65.0 Å². The van der Waals surface area contributed by atoms with Gasteiger partial charge in [-0.2, -0.15) is 0 Å². The molecule has 0 saturated carbocycles. The molecule has 3 N–H and O–H groups in total. The minimum absolute atomic E-state index is 0.138. The molecule has 0 aliphatic carbocycles. The van der Waals surface area contributed by atoms with Crippen LogP contribution in [0.15, 0.2) is 4.42 Å². The minimum atomic E-state index is -0.776. The standard InChI is InChI=1S/C7H12N2O2/c1-4-5(2)11-7(9-4)6(10)3-8/h6,10H,3,8H2,1-2H3/t6-/m1/s1. The molecule has 1 aromatic heterocycles. The first-order chi connectivity index (χ1) is 5.15. The molecule has 4 heteroatoms. The maximum Gasteiger partial charge on any atom is 0.224 e. The van der Waals surface area contributed by atoms with Crippen molar-refractivity contribution in [3.8, 4) is 0 Å². The van der Waals surface area contributed by atoms with Crippen LogP contribution in [0.4, 0.5) is 0 Å². The van der Waals surface area contributed by atoms with E-state index in [1.807, 2.05) is 6.92 Å². The van der Waals surface area contributed by atoms with E-state index in [2.05, 4.69) is 4.98 Å². The van der Waals surface area contributed by atoms with Crippen LogP contribution in [0.3, 0.4) is 0 Å². The lowest BCUT2D eigenvalue weighted by molar-refractivity contribution is 0.150. The Hall–Kier alpha value is -0.870. The molecule has 1 atom stereocenters. The summed E-state index contributed by atoms with van der Waals surface area (Å²) in [6.45, 7) is 3.76. The topological polar surface area (TPSA) is 72.3 Å².